The maximum Gasteiger partial charge on any atom is 0.136 e. The molecule has 0 unspecified atom stereocenters. The third-order valence-electron chi connectivity index (χ3n) is 10.6. The van der Waals surface area contributed by atoms with Gasteiger partial charge >= 0.3 is 0 Å². The predicted molar refractivity (Wildman–Crippen MR) is 206 cm³/mol. The van der Waals surface area contributed by atoms with Crippen molar-refractivity contribution in [2.24, 2.45) is 0 Å². The number of hydrogen-bond donors (Lipinski definition) is 0. The standard InChI is InChI=1S/C47H33NO/c1-47(2)43-17-8-7-15-39(43)40-24-22-36(29-44(40)47)48(34-20-18-31(19-21-34)38-16-9-13-30-10-5-6-14-37(30)38)35-23-25-45-42(28-35)41-26-32-11-3-4-12-33(32)27-46(41)49-45/h3-29H,1-2H3. The summed E-state index contributed by atoms with van der Waals surface area (Å²) in [6.07, 6.45) is 0. The molecule has 1 aliphatic carbocycles. The Hall–Kier alpha value is -6.12. The average molecular weight is 628 g/mol. The number of fused-ring (bicyclic) bond motifs is 8. The molecule has 2 nitrogen and oxygen atoms in total. The van der Waals surface area contributed by atoms with E-state index >= 15 is 0 Å². The van der Waals surface area contributed by atoms with Crippen LogP contribution in [0.3, 0.4) is 0 Å². The van der Waals surface area contributed by atoms with Crippen LogP contribution >= 0.6 is 0 Å². The number of furan rings is 1. The highest BCUT2D eigenvalue weighted by atomic mass is 16.3. The van der Waals surface area contributed by atoms with Gasteiger partial charge in [-0.15, -0.1) is 0 Å². The Morgan fingerprint density at radius 2 is 1.02 bits per heavy atom. The Morgan fingerprint density at radius 3 is 1.88 bits per heavy atom. The summed E-state index contributed by atoms with van der Waals surface area (Å²) in [4.78, 5) is 2.39. The molecule has 0 radical (unpaired) electrons. The second kappa shape index (κ2) is 10.4. The van der Waals surface area contributed by atoms with E-state index in [1.54, 1.807) is 0 Å². The van der Waals surface area contributed by atoms with Gasteiger partial charge in [-0.1, -0.05) is 123 Å². The minimum Gasteiger partial charge on any atom is -0.456 e. The monoisotopic (exact) mass is 627 g/mol. The lowest BCUT2D eigenvalue weighted by atomic mass is 9.82. The zero-order valence-corrected chi connectivity index (χ0v) is 27.4. The van der Waals surface area contributed by atoms with E-state index in [1.807, 2.05) is 0 Å². The number of nitrogens with zero attached hydrogens (tertiary/aromatic N) is 1. The van der Waals surface area contributed by atoms with Crippen LogP contribution in [0.15, 0.2) is 168 Å². The van der Waals surface area contributed by atoms with Crippen molar-refractivity contribution in [1.82, 2.24) is 0 Å². The van der Waals surface area contributed by atoms with Crippen LogP contribution in [0.2, 0.25) is 0 Å². The molecule has 9 aromatic rings. The maximum absolute atomic E-state index is 6.41. The third kappa shape index (κ3) is 4.27. The van der Waals surface area contributed by atoms with Gasteiger partial charge in [0.1, 0.15) is 11.2 Å². The minimum absolute atomic E-state index is 0.0996. The second-order valence-corrected chi connectivity index (χ2v) is 13.8. The molecule has 232 valence electrons. The second-order valence-electron chi connectivity index (χ2n) is 13.8. The van der Waals surface area contributed by atoms with Crippen molar-refractivity contribution >= 4 is 60.5 Å². The van der Waals surface area contributed by atoms with Crippen LogP contribution in [-0.4, -0.2) is 0 Å². The van der Waals surface area contributed by atoms with Crippen LogP contribution in [-0.2, 0) is 5.41 Å². The Kier molecular flexibility index (Phi) is 5.95. The molecule has 1 heterocycles. The molecule has 2 heteroatoms. The molecule has 1 aromatic heterocycles. The summed E-state index contributed by atoms with van der Waals surface area (Å²) in [6, 6.07) is 59.6. The Balaban J connectivity index is 1.16. The molecule has 49 heavy (non-hydrogen) atoms. The molecule has 0 saturated heterocycles. The number of hydrogen-bond acceptors (Lipinski definition) is 2. The van der Waals surface area contributed by atoms with Gasteiger partial charge in [-0.25, -0.2) is 0 Å². The lowest BCUT2D eigenvalue weighted by Crippen LogP contribution is -2.16. The van der Waals surface area contributed by atoms with Gasteiger partial charge in [-0.3, -0.25) is 0 Å². The van der Waals surface area contributed by atoms with Gasteiger partial charge in [0.2, 0.25) is 0 Å². The van der Waals surface area contributed by atoms with Crippen molar-refractivity contribution in [3.05, 3.63) is 175 Å². The fourth-order valence-corrected chi connectivity index (χ4v) is 8.14. The first-order valence-electron chi connectivity index (χ1n) is 17.0. The molecule has 0 N–H and O–H groups in total. The SMILES string of the molecule is CC1(C)c2ccccc2-c2ccc(N(c3ccc(-c4cccc5ccccc45)cc3)c3ccc4oc5cc6ccccc6cc5c4c3)cc21. The maximum atomic E-state index is 6.41. The Labute approximate surface area is 285 Å². The van der Waals surface area contributed by atoms with Crippen LogP contribution in [0.4, 0.5) is 17.1 Å². The molecule has 10 rings (SSSR count). The highest BCUT2D eigenvalue weighted by molar-refractivity contribution is 6.11. The Bertz CT molecular complexity index is 2740. The van der Waals surface area contributed by atoms with E-state index in [1.165, 1.54) is 54.9 Å². The quantitative estimate of drug-likeness (QED) is 0.193. The summed E-state index contributed by atoms with van der Waals surface area (Å²) >= 11 is 0. The first-order valence-corrected chi connectivity index (χ1v) is 17.0. The molecule has 0 fully saturated rings. The molecule has 0 spiro atoms. The van der Waals surface area contributed by atoms with Crippen molar-refractivity contribution in [2.45, 2.75) is 19.3 Å². The molecule has 8 aromatic carbocycles. The van der Waals surface area contributed by atoms with Gasteiger partial charge in [-0.2, -0.15) is 0 Å². The fraction of sp³-hybridized carbons (Fsp3) is 0.0638. The van der Waals surface area contributed by atoms with E-state index in [2.05, 4.69) is 183 Å². The van der Waals surface area contributed by atoms with Crippen molar-refractivity contribution in [3.63, 3.8) is 0 Å². The first-order chi connectivity index (χ1) is 24.0. The summed E-state index contributed by atoms with van der Waals surface area (Å²) in [6.45, 7) is 4.69. The third-order valence-corrected chi connectivity index (χ3v) is 10.6. The molecule has 0 bridgehead atoms. The van der Waals surface area contributed by atoms with E-state index in [0.29, 0.717) is 0 Å². The molecule has 0 amide bonds. The number of rotatable bonds is 4. The summed E-state index contributed by atoms with van der Waals surface area (Å²) in [5.74, 6) is 0. The van der Waals surface area contributed by atoms with E-state index < -0.39 is 0 Å². The zero-order valence-electron chi connectivity index (χ0n) is 27.4. The molecular formula is C47H33NO. The first kappa shape index (κ1) is 27.9. The Morgan fingerprint density at radius 1 is 0.408 bits per heavy atom. The lowest BCUT2D eigenvalue weighted by molar-refractivity contribution is 0.660. The van der Waals surface area contributed by atoms with Crippen molar-refractivity contribution in [1.29, 1.82) is 0 Å². The fourth-order valence-electron chi connectivity index (χ4n) is 8.14. The van der Waals surface area contributed by atoms with Gasteiger partial charge in [0, 0.05) is 33.2 Å². The van der Waals surface area contributed by atoms with Gasteiger partial charge in [0.05, 0.1) is 0 Å². The number of benzene rings is 8. The molecule has 0 saturated carbocycles. The lowest BCUT2D eigenvalue weighted by Gasteiger charge is -2.28. The summed E-state index contributed by atoms with van der Waals surface area (Å²) in [5.41, 5.74) is 12.9. The van der Waals surface area contributed by atoms with Crippen molar-refractivity contribution in [2.75, 3.05) is 4.90 Å². The highest BCUT2D eigenvalue weighted by Crippen LogP contribution is 2.51. The highest BCUT2D eigenvalue weighted by Gasteiger charge is 2.35. The normalized spacial score (nSPS) is 13.3. The largest absolute Gasteiger partial charge is 0.456 e. The topological polar surface area (TPSA) is 16.4 Å². The van der Waals surface area contributed by atoms with Gasteiger partial charge in [0.25, 0.3) is 0 Å². The van der Waals surface area contributed by atoms with Crippen LogP contribution < -0.4 is 4.90 Å². The van der Waals surface area contributed by atoms with Crippen LogP contribution in [0.1, 0.15) is 25.0 Å². The molecule has 0 atom stereocenters. The van der Waals surface area contributed by atoms with E-state index in [0.717, 1.165) is 39.0 Å². The summed E-state index contributed by atoms with van der Waals surface area (Å²) < 4.78 is 6.41. The summed E-state index contributed by atoms with van der Waals surface area (Å²) in [5, 5.41) is 7.16. The smallest absolute Gasteiger partial charge is 0.136 e. The molecule has 0 aliphatic heterocycles. The van der Waals surface area contributed by atoms with Gasteiger partial charge in [0.15, 0.2) is 0 Å². The van der Waals surface area contributed by atoms with Crippen LogP contribution in [0, 0.1) is 0 Å². The van der Waals surface area contributed by atoms with Gasteiger partial charge in [-0.05, 0) is 110 Å². The number of anilines is 3. The minimum atomic E-state index is -0.0996. The molecular weight excluding hydrogens is 595 g/mol. The predicted octanol–water partition coefficient (Wildman–Crippen LogP) is 13.3. The van der Waals surface area contributed by atoms with E-state index in [9.17, 15) is 0 Å². The zero-order chi connectivity index (χ0) is 32.7. The van der Waals surface area contributed by atoms with Crippen molar-refractivity contribution in [3.8, 4) is 22.3 Å². The van der Waals surface area contributed by atoms with Gasteiger partial charge < -0.3 is 9.32 Å². The van der Waals surface area contributed by atoms with Crippen LogP contribution in [0.25, 0.3) is 65.7 Å². The average Bonchev–Trinajstić information content (AvgIpc) is 3.61. The van der Waals surface area contributed by atoms with Crippen molar-refractivity contribution < 1.29 is 4.42 Å². The van der Waals surface area contributed by atoms with Crippen LogP contribution in [0.5, 0.6) is 0 Å². The van der Waals surface area contributed by atoms with E-state index in [-0.39, 0.29) is 5.41 Å². The van der Waals surface area contributed by atoms with E-state index in [4.69, 9.17) is 4.42 Å². The summed E-state index contributed by atoms with van der Waals surface area (Å²) in [7, 11) is 0. The molecule has 1 aliphatic rings.